The molecule has 2 N–H and O–H groups in total. The average molecular weight is 394 g/mol. The lowest BCUT2D eigenvalue weighted by molar-refractivity contribution is 0.758. The van der Waals surface area contributed by atoms with Gasteiger partial charge in [0.2, 0.25) is 0 Å². The number of nitrogens with one attached hydrogen (secondary N) is 2. The Morgan fingerprint density at radius 1 is 1.42 bits per heavy atom. The zero-order valence-electron chi connectivity index (χ0n) is 11.3. The van der Waals surface area contributed by atoms with E-state index in [-0.39, 0.29) is 24.0 Å². The van der Waals surface area contributed by atoms with Gasteiger partial charge in [0.25, 0.3) is 0 Å². The Bertz CT molecular complexity index is 436. The summed E-state index contributed by atoms with van der Waals surface area (Å²) in [6.07, 6.45) is 2.14. The van der Waals surface area contributed by atoms with Gasteiger partial charge in [0.1, 0.15) is 0 Å². The molecule has 0 heterocycles. The molecule has 1 aromatic carbocycles. The molecule has 2 rings (SSSR count). The van der Waals surface area contributed by atoms with Crippen LogP contribution in [0.25, 0.3) is 0 Å². The predicted molar refractivity (Wildman–Crippen MR) is 92.6 cm³/mol. The van der Waals surface area contributed by atoms with Crippen LogP contribution in [-0.4, -0.2) is 25.6 Å². The van der Waals surface area contributed by atoms with E-state index in [4.69, 9.17) is 11.6 Å². The Morgan fingerprint density at radius 3 is 2.68 bits per heavy atom. The highest BCUT2D eigenvalue weighted by Crippen LogP contribution is 2.28. The summed E-state index contributed by atoms with van der Waals surface area (Å²) in [6, 6.07) is 8.55. The summed E-state index contributed by atoms with van der Waals surface area (Å²) >= 11 is 6.11. The molecule has 1 fully saturated rings. The van der Waals surface area contributed by atoms with Gasteiger partial charge in [-0.25, -0.2) is 0 Å². The summed E-state index contributed by atoms with van der Waals surface area (Å²) in [6.45, 7) is 3.08. The van der Waals surface area contributed by atoms with Gasteiger partial charge < -0.3 is 10.6 Å². The first-order valence-electron chi connectivity index (χ1n) is 6.41. The largest absolute Gasteiger partial charge is 0.356 e. The molecule has 106 valence electrons. The highest BCUT2D eigenvalue weighted by molar-refractivity contribution is 14.0. The standard InChI is InChI=1S/C14H20ClN3.HI/c1-10-9-13(10)18-14(16-2)17-8-7-11-5-3-4-6-12(11)15;/h3-6,10,13H,7-9H2,1-2H3,(H2,16,17,18);1H. The van der Waals surface area contributed by atoms with Crippen molar-refractivity contribution >= 4 is 41.5 Å². The highest BCUT2D eigenvalue weighted by atomic mass is 127. The summed E-state index contributed by atoms with van der Waals surface area (Å²) in [5.74, 6) is 1.66. The molecule has 2 atom stereocenters. The smallest absolute Gasteiger partial charge is 0.191 e. The van der Waals surface area contributed by atoms with E-state index < -0.39 is 0 Å². The van der Waals surface area contributed by atoms with Crippen LogP contribution < -0.4 is 10.6 Å². The van der Waals surface area contributed by atoms with E-state index in [1.54, 1.807) is 7.05 Å². The fourth-order valence-electron chi connectivity index (χ4n) is 1.91. The molecule has 0 aliphatic heterocycles. The van der Waals surface area contributed by atoms with Crippen molar-refractivity contribution in [2.75, 3.05) is 13.6 Å². The van der Waals surface area contributed by atoms with Crippen LogP contribution >= 0.6 is 35.6 Å². The molecule has 0 amide bonds. The topological polar surface area (TPSA) is 36.4 Å². The maximum atomic E-state index is 6.11. The van der Waals surface area contributed by atoms with E-state index in [9.17, 15) is 0 Å². The number of nitrogens with zero attached hydrogens (tertiary/aromatic N) is 1. The van der Waals surface area contributed by atoms with Gasteiger partial charge in [0, 0.05) is 24.7 Å². The van der Waals surface area contributed by atoms with E-state index >= 15 is 0 Å². The quantitative estimate of drug-likeness (QED) is 0.468. The van der Waals surface area contributed by atoms with Crippen LogP contribution in [0.3, 0.4) is 0 Å². The Morgan fingerprint density at radius 2 is 2.11 bits per heavy atom. The Hall–Kier alpha value is -0.490. The summed E-state index contributed by atoms with van der Waals surface area (Å²) in [7, 11) is 1.80. The van der Waals surface area contributed by atoms with E-state index in [0.717, 1.165) is 29.9 Å². The molecule has 1 saturated carbocycles. The summed E-state index contributed by atoms with van der Waals surface area (Å²) < 4.78 is 0. The van der Waals surface area contributed by atoms with Crippen LogP contribution in [0.5, 0.6) is 0 Å². The first-order chi connectivity index (χ1) is 8.70. The molecular formula is C14H21ClIN3. The normalized spacial score (nSPS) is 21.5. The number of aliphatic imine (C=N–C) groups is 1. The summed E-state index contributed by atoms with van der Waals surface area (Å²) in [4.78, 5) is 4.22. The minimum atomic E-state index is 0. The fraction of sp³-hybridized carbons (Fsp3) is 0.500. The second kappa shape index (κ2) is 7.94. The lowest BCUT2D eigenvalue weighted by atomic mass is 10.1. The van der Waals surface area contributed by atoms with Crippen molar-refractivity contribution in [1.82, 2.24) is 10.6 Å². The molecule has 0 bridgehead atoms. The van der Waals surface area contributed by atoms with Crippen LogP contribution in [-0.2, 0) is 6.42 Å². The first kappa shape index (κ1) is 16.6. The second-order valence-electron chi connectivity index (χ2n) is 4.80. The molecule has 3 nitrogen and oxygen atoms in total. The summed E-state index contributed by atoms with van der Waals surface area (Å²) in [5.41, 5.74) is 1.17. The molecule has 1 aliphatic rings. The number of benzene rings is 1. The number of rotatable bonds is 4. The zero-order valence-corrected chi connectivity index (χ0v) is 14.4. The predicted octanol–water partition coefficient (Wildman–Crippen LogP) is 3.07. The van der Waals surface area contributed by atoms with Gasteiger partial charge in [-0.15, -0.1) is 24.0 Å². The molecule has 19 heavy (non-hydrogen) atoms. The number of hydrogen-bond donors (Lipinski definition) is 2. The van der Waals surface area contributed by atoms with Gasteiger partial charge in [-0.3, -0.25) is 4.99 Å². The number of guanidine groups is 1. The van der Waals surface area contributed by atoms with Crippen molar-refractivity contribution in [3.05, 3.63) is 34.9 Å². The van der Waals surface area contributed by atoms with Gasteiger partial charge >= 0.3 is 0 Å². The van der Waals surface area contributed by atoms with E-state index in [1.165, 1.54) is 12.0 Å². The van der Waals surface area contributed by atoms with Crippen molar-refractivity contribution in [3.63, 3.8) is 0 Å². The van der Waals surface area contributed by atoms with Crippen molar-refractivity contribution < 1.29 is 0 Å². The van der Waals surface area contributed by atoms with Crippen LogP contribution in [0.15, 0.2) is 29.3 Å². The van der Waals surface area contributed by atoms with Crippen LogP contribution in [0.4, 0.5) is 0 Å². The zero-order chi connectivity index (χ0) is 13.0. The molecule has 1 aliphatic carbocycles. The third-order valence-electron chi connectivity index (χ3n) is 3.30. The lowest BCUT2D eigenvalue weighted by Crippen LogP contribution is -2.39. The monoisotopic (exact) mass is 393 g/mol. The lowest BCUT2D eigenvalue weighted by Gasteiger charge is -2.11. The number of hydrogen-bond acceptors (Lipinski definition) is 1. The van der Waals surface area contributed by atoms with Crippen LogP contribution in [0.2, 0.25) is 5.02 Å². The van der Waals surface area contributed by atoms with Gasteiger partial charge in [0.15, 0.2) is 5.96 Å². The second-order valence-corrected chi connectivity index (χ2v) is 5.21. The summed E-state index contributed by atoms with van der Waals surface area (Å²) in [5, 5.41) is 7.55. The molecule has 5 heteroatoms. The Balaban J connectivity index is 0.00000180. The third kappa shape index (κ3) is 5.18. The minimum Gasteiger partial charge on any atom is -0.356 e. The minimum absolute atomic E-state index is 0. The third-order valence-corrected chi connectivity index (χ3v) is 3.67. The SMILES string of the molecule is CN=C(NCCc1ccccc1Cl)NC1CC1C.I. The van der Waals surface area contributed by atoms with Crippen molar-refractivity contribution in [2.24, 2.45) is 10.9 Å². The highest BCUT2D eigenvalue weighted by Gasteiger charge is 2.33. The Labute approximate surface area is 137 Å². The van der Waals surface area contributed by atoms with Gasteiger partial charge in [-0.05, 0) is 30.4 Å². The molecule has 0 spiro atoms. The van der Waals surface area contributed by atoms with Gasteiger partial charge in [-0.2, -0.15) is 0 Å². The molecule has 0 saturated heterocycles. The van der Waals surface area contributed by atoms with E-state index in [1.807, 2.05) is 18.2 Å². The molecule has 2 unspecified atom stereocenters. The van der Waals surface area contributed by atoms with Crippen molar-refractivity contribution in [2.45, 2.75) is 25.8 Å². The first-order valence-corrected chi connectivity index (χ1v) is 6.79. The molecule has 1 aromatic rings. The van der Waals surface area contributed by atoms with E-state index in [2.05, 4.69) is 28.6 Å². The molecule has 0 radical (unpaired) electrons. The number of halogens is 2. The Kier molecular flexibility index (Phi) is 6.93. The fourth-order valence-corrected chi connectivity index (χ4v) is 2.14. The maximum Gasteiger partial charge on any atom is 0.191 e. The average Bonchev–Trinajstić information content (AvgIpc) is 3.06. The van der Waals surface area contributed by atoms with Crippen molar-refractivity contribution in [3.8, 4) is 0 Å². The van der Waals surface area contributed by atoms with Crippen LogP contribution in [0.1, 0.15) is 18.9 Å². The molecular weight excluding hydrogens is 373 g/mol. The van der Waals surface area contributed by atoms with Gasteiger partial charge in [0.05, 0.1) is 0 Å². The maximum absolute atomic E-state index is 6.11. The van der Waals surface area contributed by atoms with E-state index in [0.29, 0.717) is 6.04 Å². The van der Waals surface area contributed by atoms with Crippen LogP contribution in [0, 0.1) is 5.92 Å². The van der Waals surface area contributed by atoms with Crippen molar-refractivity contribution in [1.29, 1.82) is 0 Å². The van der Waals surface area contributed by atoms with Gasteiger partial charge in [-0.1, -0.05) is 36.7 Å². The molecule has 0 aromatic heterocycles.